The number of carbonyl (C=O) groups excluding carboxylic acids is 1. The summed E-state index contributed by atoms with van der Waals surface area (Å²) in [6, 6.07) is 3.04. The molecule has 0 aliphatic carbocycles. The number of nitrogens with one attached hydrogen (secondary N) is 2. The van der Waals surface area contributed by atoms with Crippen LogP contribution < -0.4 is 10.6 Å². The van der Waals surface area contributed by atoms with Crippen molar-refractivity contribution in [1.82, 2.24) is 15.1 Å². The molecule has 0 radical (unpaired) electrons. The van der Waals surface area contributed by atoms with Gasteiger partial charge in [-0.2, -0.15) is 4.98 Å². The number of amides is 1. The first-order valence-corrected chi connectivity index (χ1v) is 5.43. The van der Waals surface area contributed by atoms with Gasteiger partial charge in [0.15, 0.2) is 5.82 Å². The molecular weight excluding hydrogens is 258 g/mol. The highest BCUT2D eigenvalue weighted by molar-refractivity contribution is 6.30. The van der Waals surface area contributed by atoms with Gasteiger partial charge in [-0.25, -0.2) is 4.98 Å². The molecule has 0 unspecified atom stereocenters. The zero-order valence-corrected chi connectivity index (χ0v) is 10.4. The Morgan fingerprint density at radius 2 is 2.17 bits per heavy atom. The average molecular weight is 268 g/mol. The predicted octanol–water partition coefficient (Wildman–Crippen LogP) is 1.72. The fourth-order valence-electron chi connectivity index (χ4n) is 1.27. The summed E-state index contributed by atoms with van der Waals surface area (Å²) < 4.78 is 4.79. The van der Waals surface area contributed by atoms with Crippen molar-refractivity contribution in [2.45, 2.75) is 6.92 Å². The van der Waals surface area contributed by atoms with Crippen molar-refractivity contribution in [3.8, 4) is 0 Å². The summed E-state index contributed by atoms with van der Waals surface area (Å²) in [6.07, 6.45) is 0. The van der Waals surface area contributed by atoms with Crippen molar-refractivity contribution in [3.63, 3.8) is 0 Å². The largest absolute Gasteiger partial charge is 0.373 e. The zero-order chi connectivity index (χ0) is 13.1. The van der Waals surface area contributed by atoms with E-state index in [1.54, 1.807) is 20.0 Å². The normalized spacial score (nSPS) is 10.2. The Morgan fingerprint density at radius 3 is 2.78 bits per heavy atom. The van der Waals surface area contributed by atoms with E-state index in [2.05, 4.69) is 25.8 Å². The Balaban J connectivity index is 2.20. The second-order valence-corrected chi connectivity index (χ2v) is 3.80. The lowest BCUT2D eigenvalue weighted by molar-refractivity contribution is 0.102. The maximum Gasteiger partial charge on any atom is 0.328 e. The quantitative estimate of drug-likeness (QED) is 0.823. The summed E-state index contributed by atoms with van der Waals surface area (Å²) in [4.78, 5) is 19.7. The van der Waals surface area contributed by atoms with Crippen LogP contribution in [0.4, 0.5) is 11.8 Å². The van der Waals surface area contributed by atoms with Crippen LogP contribution in [0.1, 0.15) is 16.2 Å². The van der Waals surface area contributed by atoms with Gasteiger partial charge >= 0.3 is 6.01 Å². The van der Waals surface area contributed by atoms with Crippen LogP contribution in [0.5, 0.6) is 0 Å². The van der Waals surface area contributed by atoms with Crippen molar-refractivity contribution >= 4 is 29.3 Å². The van der Waals surface area contributed by atoms with Crippen LogP contribution in [0.3, 0.4) is 0 Å². The van der Waals surface area contributed by atoms with E-state index >= 15 is 0 Å². The summed E-state index contributed by atoms with van der Waals surface area (Å²) in [5, 5.41) is 9.05. The fourth-order valence-corrected chi connectivity index (χ4v) is 1.48. The summed E-state index contributed by atoms with van der Waals surface area (Å²) >= 11 is 5.80. The number of aryl methyl sites for hydroxylation is 1. The standard InChI is InChI=1S/C10H10ClN5O2/c1-5-13-10(18-16-5)15-9(17)6-3-7(11)14-8(4-6)12-2/h3-4H,1-2H3,(H,12,14)(H,13,15,16,17). The van der Waals surface area contributed by atoms with E-state index in [1.807, 2.05) is 0 Å². The summed E-state index contributed by atoms with van der Waals surface area (Å²) in [7, 11) is 1.68. The van der Waals surface area contributed by atoms with Gasteiger partial charge in [-0.3, -0.25) is 10.1 Å². The lowest BCUT2D eigenvalue weighted by Crippen LogP contribution is -2.13. The van der Waals surface area contributed by atoms with Gasteiger partial charge in [0.25, 0.3) is 5.91 Å². The van der Waals surface area contributed by atoms with E-state index in [4.69, 9.17) is 16.1 Å². The van der Waals surface area contributed by atoms with Gasteiger partial charge in [0.1, 0.15) is 11.0 Å². The monoisotopic (exact) mass is 267 g/mol. The molecule has 1 amide bonds. The number of rotatable bonds is 3. The first-order valence-electron chi connectivity index (χ1n) is 5.05. The maximum absolute atomic E-state index is 11.9. The topological polar surface area (TPSA) is 92.9 Å². The minimum absolute atomic E-state index is 0.0384. The second-order valence-electron chi connectivity index (χ2n) is 3.41. The molecule has 0 aromatic carbocycles. The van der Waals surface area contributed by atoms with Gasteiger partial charge in [0, 0.05) is 12.6 Å². The molecule has 8 heteroatoms. The third-order valence-corrected chi connectivity index (χ3v) is 2.25. The SMILES string of the molecule is CNc1cc(C(=O)Nc2nc(C)no2)cc(Cl)n1. The van der Waals surface area contributed by atoms with Crippen LogP contribution in [0.2, 0.25) is 5.15 Å². The Morgan fingerprint density at radius 1 is 1.39 bits per heavy atom. The van der Waals surface area contributed by atoms with Crippen molar-refractivity contribution in [3.05, 3.63) is 28.7 Å². The molecule has 94 valence electrons. The van der Waals surface area contributed by atoms with Crippen molar-refractivity contribution in [2.24, 2.45) is 0 Å². The van der Waals surface area contributed by atoms with Crippen LogP contribution in [-0.4, -0.2) is 28.1 Å². The van der Waals surface area contributed by atoms with E-state index in [1.165, 1.54) is 6.07 Å². The molecular formula is C10H10ClN5O2. The van der Waals surface area contributed by atoms with Crippen LogP contribution in [0.15, 0.2) is 16.7 Å². The van der Waals surface area contributed by atoms with Gasteiger partial charge in [-0.15, -0.1) is 0 Å². The number of halogens is 1. The number of pyridine rings is 1. The molecule has 0 saturated heterocycles. The Bertz CT molecular complexity index is 583. The number of nitrogens with zero attached hydrogens (tertiary/aromatic N) is 3. The fraction of sp³-hybridized carbons (Fsp3) is 0.200. The molecule has 18 heavy (non-hydrogen) atoms. The minimum Gasteiger partial charge on any atom is -0.373 e. The Hall–Kier alpha value is -2.15. The van der Waals surface area contributed by atoms with Gasteiger partial charge in [-0.05, 0) is 19.1 Å². The van der Waals surface area contributed by atoms with E-state index in [-0.39, 0.29) is 11.2 Å². The number of hydrogen-bond acceptors (Lipinski definition) is 6. The second kappa shape index (κ2) is 5.01. The summed E-state index contributed by atoms with van der Waals surface area (Å²) in [5.41, 5.74) is 0.343. The van der Waals surface area contributed by atoms with E-state index in [9.17, 15) is 4.79 Å². The van der Waals surface area contributed by atoms with Crippen LogP contribution >= 0.6 is 11.6 Å². The molecule has 0 aliphatic heterocycles. The van der Waals surface area contributed by atoms with Crippen LogP contribution in [-0.2, 0) is 0 Å². The molecule has 0 fully saturated rings. The van der Waals surface area contributed by atoms with Gasteiger partial charge < -0.3 is 9.84 Å². The first-order chi connectivity index (χ1) is 8.58. The van der Waals surface area contributed by atoms with Gasteiger partial charge in [0.05, 0.1) is 0 Å². The van der Waals surface area contributed by atoms with Crippen LogP contribution in [0, 0.1) is 6.92 Å². The molecule has 2 aromatic heterocycles. The van der Waals surface area contributed by atoms with Crippen LogP contribution in [0.25, 0.3) is 0 Å². The number of hydrogen-bond donors (Lipinski definition) is 2. The van der Waals surface area contributed by atoms with Crippen molar-refractivity contribution < 1.29 is 9.32 Å². The molecule has 2 aromatic rings. The molecule has 0 saturated carbocycles. The lowest BCUT2D eigenvalue weighted by Gasteiger charge is -2.04. The molecule has 0 atom stereocenters. The third kappa shape index (κ3) is 2.75. The molecule has 2 heterocycles. The number of carbonyl (C=O) groups is 1. The van der Waals surface area contributed by atoms with E-state index < -0.39 is 5.91 Å². The van der Waals surface area contributed by atoms with Crippen molar-refractivity contribution in [1.29, 1.82) is 0 Å². The first kappa shape index (κ1) is 12.3. The molecule has 2 rings (SSSR count). The molecule has 0 bridgehead atoms. The lowest BCUT2D eigenvalue weighted by atomic mass is 10.2. The Kier molecular flexibility index (Phi) is 3.42. The van der Waals surface area contributed by atoms with Crippen molar-refractivity contribution in [2.75, 3.05) is 17.7 Å². The molecule has 7 nitrogen and oxygen atoms in total. The molecule has 0 aliphatic rings. The smallest absolute Gasteiger partial charge is 0.328 e. The van der Waals surface area contributed by atoms with Gasteiger partial charge in [0.2, 0.25) is 0 Å². The Labute approximate surface area is 108 Å². The summed E-state index contributed by atoms with van der Waals surface area (Å²) in [6.45, 7) is 1.65. The van der Waals surface area contributed by atoms with Gasteiger partial charge in [-0.1, -0.05) is 16.8 Å². The average Bonchev–Trinajstić information content (AvgIpc) is 2.73. The molecule has 0 spiro atoms. The maximum atomic E-state index is 11.9. The number of anilines is 2. The highest BCUT2D eigenvalue weighted by Gasteiger charge is 2.12. The summed E-state index contributed by atoms with van der Waals surface area (Å²) in [5.74, 6) is 0.530. The minimum atomic E-state index is -0.403. The zero-order valence-electron chi connectivity index (χ0n) is 9.69. The predicted molar refractivity (Wildman–Crippen MR) is 65.8 cm³/mol. The molecule has 2 N–H and O–H groups in total. The highest BCUT2D eigenvalue weighted by atomic mass is 35.5. The van der Waals surface area contributed by atoms with E-state index in [0.717, 1.165) is 0 Å². The highest BCUT2D eigenvalue weighted by Crippen LogP contribution is 2.15. The third-order valence-electron chi connectivity index (χ3n) is 2.06. The number of aromatic nitrogens is 3. The van der Waals surface area contributed by atoms with E-state index in [0.29, 0.717) is 17.2 Å².